The molecule has 3 unspecified atom stereocenters. The molecule has 176 valence electrons. The fraction of sp³-hybridized carbons (Fsp3) is 0.862. The average Bonchev–Trinajstić information content (AvgIpc) is 3.00. The van der Waals surface area contributed by atoms with Crippen LogP contribution < -0.4 is 5.73 Å². The van der Waals surface area contributed by atoms with Gasteiger partial charge in [0.05, 0.1) is 6.10 Å². The van der Waals surface area contributed by atoms with Crippen molar-refractivity contribution in [2.75, 3.05) is 0 Å². The molecule has 0 aromatic carbocycles. The Hall–Kier alpha value is -0.600. The summed E-state index contributed by atoms with van der Waals surface area (Å²) in [6, 6.07) is 0. The molecule has 2 nitrogen and oxygen atoms in total. The number of hydrogen-bond acceptors (Lipinski definition) is 2. The molecular formula is C29H49NO. The zero-order valence-electron chi connectivity index (χ0n) is 21.2. The van der Waals surface area contributed by atoms with Crippen LogP contribution in [0.5, 0.6) is 0 Å². The minimum atomic E-state index is -0.113. The van der Waals surface area contributed by atoms with Crippen molar-refractivity contribution in [2.45, 2.75) is 111 Å². The largest absolute Gasteiger partial charge is 0.393 e. The number of nitrogens with two attached hydrogens (primary N) is 1. The second-order valence-corrected chi connectivity index (χ2v) is 12.7. The Labute approximate surface area is 192 Å². The van der Waals surface area contributed by atoms with Gasteiger partial charge in [-0.3, -0.25) is 0 Å². The maximum atomic E-state index is 10.3. The van der Waals surface area contributed by atoms with Crippen LogP contribution in [0.3, 0.4) is 0 Å². The highest BCUT2D eigenvalue weighted by atomic mass is 16.3. The summed E-state index contributed by atoms with van der Waals surface area (Å²) in [5.74, 6) is 4.11. The molecular weight excluding hydrogens is 378 g/mol. The predicted molar refractivity (Wildman–Crippen MR) is 132 cm³/mol. The molecule has 0 aromatic rings. The molecule has 4 rings (SSSR count). The van der Waals surface area contributed by atoms with E-state index in [0.29, 0.717) is 23.2 Å². The smallest absolute Gasteiger partial charge is 0.0577 e. The highest BCUT2D eigenvalue weighted by Crippen LogP contribution is 2.67. The summed E-state index contributed by atoms with van der Waals surface area (Å²) in [6.45, 7) is 14.5. The fourth-order valence-corrected chi connectivity index (χ4v) is 8.81. The molecule has 0 saturated heterocycles. The van der Waals surface area contributed by atoms with E-state index in [9.17, 15) is 5.11 Å². The molecule has 0 aromatic heterocycles. The summed E-state index contributed by atoms with van der Waals surface area (Å²) < 4.78 is 0. The van der Waals surface area contributed by atoms with Crippen LogP contribution in [0.4, 0.5) is 0 Å². The molecule has 0 heterocycles. The van der Waals surface area contributed by atoms with Crippen molar-refractivity contribution in [1.29, 1.82) is 0 Å². The van der Waals surface area contributed by atoms with Crippen LogP contribution in [-0.2, 0) is 0 Å². The fourth-order valence-electron chi connectivity index (χ4n) is 8.81. The van der Waals surface area contributed by atoms with E-state index in [2.05, 4.69) is 59.8 Å². The minimum Gasteiger partial charge on any atom is -0.393 e. The Bertz CT molecular complexity index is 724. The normalized spacial score (nSPS) is 46.9. The van der Waals surface area contributed by atoms with Gasteiger partial charge in [0.2, 0.25) is 0 Å². The first kappa shape index (κ1) is 23.6. The van der Waals surface area contributed by atoms with Crippen molar-refractivity contribution in [3.8, 4) is 0 Å². The lowest BCUT2D eigenvalue weighted by Crippen LogP contribution is -2.60. The summed E-state index contributed by atoms with van der Waals surface area (Å²) in [5, 5.41) is 10.3. The molecule has 3 saturated carbocycles. The predicted octanol–water partition coefficient (Wildman–Crippen LogP) is 6.88. The lowest BCUT2D eigenvalue weighted by atomic mass is 9.46. The molecule has 3 N–H and O–H groups in total. The van der Waals surface area contributed by atoms with Crippen molar-refractivity contribution in [2.24, 2.45) is 52.1 Å². The molecule has 31 heavy (non-hydrogen) atoms. The molecule has 4 aliphatic carbocycles. The molecule has 0 amide bonds. The van der Waals surface area contributed by atoms with Gasteiger partial charge in [-0.25, -0.2) is 0 Å². The van der Waals surface area contributed by atoms with Crippen LogP contribution in [0.15, 0.2) is 23.8 Å². The summed E-state index contributed by atoms with van der Waals surface area (Å²) in [7, 11) is 0. The Kier molecular flexibility index (Phi) is 6.32. The first-order chi connectivity index (χ1) is 14.6. The highest BCUT2D eigenvalue weighted by Gasteiger charge is 2.63. The number of fused-ring (bicyclic) bond motifs is 5. The summed E-state index contributed by atoms with van der Waals surface area (Å²) >= 11 is 0. The molecule has 0 bridgehead atoms. The van der Waals surface area contributed by atoms with Gasteiger partial charge in [-0.2, -0.15) is 0 Å². The molecule has 0 aliphatic heterocycles. The monoisotopic (exact) mass is 427 g/mol. The zero-order chi connectivity index (χ0) is 22.6. The van der Waals surface area contributed by atoms with Gasteiger partial charge in [0.1, 0.15) is 0 Å². The standard InChI is InChI=1S/C29H49NO/c1-7-21(19(2)3)9-8-20(4)29(30)17-14-26-24-11-10-22-18-23(31)12-15-27(22,5)25(24)13-16-28(26,29)6/h8-10,19-21,23-26,31H,7,11-18,30H2,1-6H3/b9-8+/t20-,21-,23+,24?,25?,26?,27+,28+,29+/m1/s1. The number of hydrogen-bond donors (Lipinski definition) is 2. The van der Waals surface area contributed by atoms with E-state index in [-0.39, 0.29) is 17.1 Å². The van der Waals surface area contributed by atoms with Crippen LogP contribution in [0, 0.1) is 46.3 Å². The first-order valence-corrected chi connectivity index (χ1v) is 13.4. The van der Waals surface area contributed by atoms with E-state index in [1.165, 1.54) is 44.9 Å². The van der Waals surface area contributed by atoms with Crippen LogP contribution in [0.1, 0.15) is 99.3 Å². The average molecular weight is 428 g/mol. The summed E-state index contributed by atoms with van der Waals surface area (Å²) in [6.07, 6.45) is 18.0. The van der Waals surface area contributed by atoms with Gasteiger partial charge < -0.3 is 10.8 Å². The Balaban J connectivity index is 1.57. The van der Waals surface area contributed by atoms with Gasteiger partial charge >= 0.3 is 0 Å². The van der Waals surface area contributed by atoms with Crippen molar-refractivity contribution in [3.63, 3.8) is 0 Å². The molecule has 0 spiro atoms. The second-order valence-electron chi connectivity index (χ2n) is 12.7. The van der Waals surface area contributed by atoms with E-state index >= 15 is 0 Å². The quantitative estimate of drug-likeness (QED) is 0.470. The van der Waals surface area contributed by atoms with E-state index < -0.39 is 0 Å². The SMILES string of the molecule is CC[C@H](/C=C/[C@@H](C)[C@@]1(N)CCC2C3CC=C4C[C@@H](O)CC[C@]4(C)C3CC[C@@]21C)C(C)C. The van der Waals surface area contributed by atoms with E-state index in [4.69, 9.17) is 5.73 Å². The molecule has 3 fully saturated rings. The Morgan fingerprint density at radius 3 is 2.45 bits per heavy atom. The van der Waals surface area contributed by atoms with Crippen LogP contribution in [0.2, 0.25) is 0 Å². The topological polar surface area (TPSA) is 46.2 Å². The summed E-state index contributed by atoms with van der Waals surface area (Å²) in [5.41, 5.74) is 9.46. The van der Waals surface area contributed by atoms with Crippen molar-refractivity contribution < 1.29 is 5.11 Å². The van der Waals surface area contributed by atoms with Crippen LogP contribution in [0.25, 0.3) is 0 Å². The Morgan fingerprint density at radius 2 is 1.77 bits per heavy atom. The second kappa shape index (κ2) is 8.32. The highest BCUT2D eigenvalue weighted by molar-refractivity contribution is 5.27. The third-order valence-corrected chi connectivity index (χ3v) is 11.2. The van der Waals surface area contributed by atoms with Gasteiger partial charge in [0.25, 0.3) is 0 Å². The van der Waals surface area contributed by atoms with Gasteiger partial charge in [0, 0.05) is 5.54 Å². The van der Waals surface area contributed by atoms with Crippen molar-refractivity contribution >= 4 is 0 Å². The zero-order valence-corrected chi connectivity index (χ0v) is 21.2. The molecule has 2 heteroatoms. The lowest BCUT2D eigenvalue weighted by Gasteiger charge is -2.60. The number of aliphatic hydroxyl groups is 1. The number of aliphatic hydroxyl groups excluding tert-OH is 1. The van der Waals surface area contributed by atoms with Gasteiger partial charge in [-0.05, 0) is 104 Å². The lowest BCUT2D eigenvalue weighted by molar-refractivity contribution is -0.0612. The first-order valence-electron chi connectivity index (χ1n) is 13.4. The maximum Gasteiger partial charge on any atom is 0.0577 e. The van der Waals surface area contributed by atoms with Gasteiger partial charge in [-0.15, -0.1) is 0 Å². The van der Waals surface area contributed by atoms with Crippen molar-refractivity contribution in [3.05, 3.63) is 23.8 Å². The van der Waals surface area contributed by atoms with E-state index in [0.717, 1.165) is 30.6 Å². The summed E-state index contributed by atoms with van der Waals surface area (Å²) in [4.78, 5) is 0. The molecule has 4 aliphatic rings. The van der Waals surface area contributed by atoms with Crippen molar-refractivity contribution in [1.82, 2.24) is 0 Å². The van der Waals surface area contributed by atoms with Crippen LogP contribution >= 0.6 is 0 Å². The molecule has 9 atom stereocenters. The van der Waals surface area contributed by atoms with E-state index in [1.807, 2.05) is 0 Å². The minimum absolute atomic E-state index is 0.0813. The number of rotatable bonds is 5. The molecule has 0 radical (unpaired) electrons. The maximum absolute atomic E-state index is 10.3. The Morgan fingerprint density at radius 1 is 1.06 bits per heavy atom. The van der Waals surface area contributed by atoms with Crippen LogP contribution in [-0.4, -0.2) is 16.7 Å². The van der Waals surface area contributed by atoms with Gasteiger partial charge in [-0.1, -0.05) is 65.3 Å². The van der Waals surface area contributed by atoms with Gasteiger partial charge in [0.15, 0.2) is 0 Å². The third-order valence-electron chi connectivity index (χ3n) is 11.2. The van der Waals surface area contributed by atoms with E-state index in [1.54, 1.807) is 5.57 Å². The number of allylic oxidation sites excluding steroid dienone is 2. The third kappa shape index (κ3) is 3.59.